The Morgan fingerprint density at radius 2 is 2.24 bits per heavy atom. The number of thioether (sulfide) groups is 1. The molecule has 4 nitrogen and oxygen atoms in total. The SMILES string of the molecule is Cc1[nH]nc(C(F)F)c1NC(=O)C1CSc2ccccc21. The number of fused-ring (bicyclic) bond motifs is 1. The standard InChI is InChI=1S/C14H13F2N3OS/c1-7-11(12(13(15)16)19-18-7)17-14(20)9-6-21-10-5-3-2-4-8(9)10/h2-5,9,13H,6H2,1H3,(H,17,20)(H,18,19). The highest BCUT2D eigenvalue weighted by Crippen LogP contribution is 2.40. The Hall–Kier alpha value is -1.89. The zero-order valence-corrected chi connectivity index (χ0v) is 12.0. The Morgan fingerprint density at radius 1 is 1.48 bits per heavy atom. The van der Waals surface area contributed by atoms with Crippen LogP contribution >= 0.6 is 11.8 Å². The molecule has 1 unspecified atom stereocenters. The average Bonchev–Trinajstić information content (AvgIpc) is 3.03. The summed E-state index contributed by atoms with van der Waals surface area (Å²) in [6.07, 6.45) is -2.73. The number of benzene rings is 1. The molecular formula is C14H13F2N3OS. The number of amides is 1. The lowest BCUT2D eigenvalue weighted by Crippen LogP contribution is -2.22. The third-order valence-electron chi connectivity index (χ3n) is 3.45. The van der Waals surface area contributed by atoms with Gasteiger partial charge in [0.15, 0.2) is 5.69 Å². The van der Waals surface area contributed by atoms with Gasteiger partial charge in [-0.3, -0.25) is 9.89 Å². The summed E-state index contributed by atoms with van der Waals surface area (Å²) in [6.45, 7) is 1.60. The van der Waals surface area contributed by atoms with Gasteiger partial charge in [0, 0.05) is 10.6 Å². The van der Waals surface area contributed by atoms with Gasteiger partial charge in [0.2, 0.25) is 5.91 Å². The number of aromatic amines is 1. The van der Waals surface area contributed by atoms with E-state index >= 15 is 0 Å². The van der Waals surface area contributed by atoms with E-state index < -0.39 is 12.1 Å². The van der Waals surface area contributed by atoms with Crippen LogP contribution < -0.4 is 5.32 Å². The Kier molecular flexibility index (Phi) is 3.67. The fourth-order valence-electron chi connectivity index (χ4n) is 2.35. The minimum atomic E-state index is -2.73. The van der Waals surface area contributed by atoms with Crippen molar-refractivity contribution in [3.8, 4) is 0 Å². The molecule has 1 aromatic carbocycles. The summed E-state index contributed by atoms with van der Waals surface area (Å²) in [5.74, 6) is 0.0106. The molecule has 1 atom stereocenters. The number of rotatable bonds is 3. The van der Waals surface area contributed by atoms with Crippen LogP contribution in [0.3, 0.4) is 0 Å². The van der Waals surface area contributed by atoms with E-state index in [0.717, 1.165) is 10.5 Å². The van der Waals surface area contributed by atoms with E-state index in [2.05, 4.69) is 15.5 Å². The first-order valence-electron chi connectivity index (χ1n) is 6.43. The second-order valence-corrected chi connectivity index (χ2v) is 5.86. The zero-order chi connectivity index (χ0) is 15.0. The van der Waals surface area contributed by atoms with Gasteiger partial charge in [-0.15, -0.1) is 11.8 Å². The highest BCUT2D eigenvalue weighted by Gasteiger charge is 2.30. The van der Waals surface area contributed by atoms with Gasteiger partial charge in [-0.05, 0) is 18.6 Å². The van der Waals surface area contributed by atoms with Crippen molar-refractivity contribution in [1.29, 1.82) is 0 Å². The molecule has 0 aliphatic carbocycles. The van der Waals surface area contributed by atoms with Gasteiger partial charge in [0.25, 0.3) is 6.43 Å². The first kappa shape index (κ1) is 14.1. The second-order valence-electron chi connectivity index (χ2n) is 4.80. The molecule has 21 heavy (non-hydrogen) atoms. The van der Waals surface area contributed by atoms with Crippen molar-refractivity contribution in [2.24, 2.45) is 0 Å². The molecule has 0 radical (unpaired) electrons. The van der Waals surface area contributed by atoms with Crippen LogP contribution in [0.2, 0.25) is 0 Å². The van der Waals surface area contributed by atoms with Crippen LogP contribution in [-0.4, -0.2) is 21.9 Å². The predicted molar refractivity (Wildman–Crippen MR) is 76.8 cm³/mol. The van der Waals surface area contributed by atoms with Crippen LogP contribution in [0.1, 0.15) is 29.3 Å². The molecule has 2 aromatic rings. The average molecular weight is 309 g/mol. The number of H-pyrrole nitrogens is 1. The Bertz CT molecular complexity index is 687. The van der Waals surface area contributed by atoms with Crippen molar-refractivity contribution in [3.05, 3.63) is 41.2 Å². The van der Waals surface area contributed by atoms with Crippen LogP contribution in [0.25, 0.3) is 0 Å². The number of halogens is 2. The Labute approximate surface area is 124 Å². The van der Waals surface area contributed by atoms with Crippen molar-refractivity contribution in [1.82, 2.24) is 10.2 Å². The number of nitrogens with zero attached hydrogens (tertiary/aromatic N) is 1. The van der Waals surface area contributed by atoms with Gasteiger partial charge >= 0.3 is 0 Å². The van der Waals surface area contributed by atoms with Crippen LogP contribution in [-0.2, 0) is 4.79 Å². The van der Waals surface area contributed by atoms with E-state index in [-0.39, 0.29) is 17.5 Å². The number of alkyl halides is 2. The molecule has 1 amide bonds. The van der Waals surface area contributed by atoms with E-state index in [9.17, 15) is 13.6 Å². The molecule has 0 fully saturated rings. The lowest BCUT2D eigenvalue weighted by atomic mass is 10.0. The lowest BCUT2D eigenvalue weighted by molar-refractivity contribution is -0.117. The number of hydrogen-bond donors (Lipinski definition) is 2. The number of anilines is 1. The minimum Gasteiger partial charge on any atom is -0.322 e. The molecule has 2 N–H and O–H groups in total. The molecule has 1 aliphatic heterocycles. The van der Waals surface area contributed by atoms with Crippen LogP contribution in [0.4, 0.5) is 14.5 Å². The number of hydrogen-bond acceptors (Lipinski definition) is 3. The summed E-state index contributed by atoms with van der Waals surface area (Å²) in [5.41, 5.74) is 1.04. The summed E-state index contributed by atoms with van der Waals surface area (Å²) in [4.78, 5) is 13.5. The van der Waals surface area contributed by atoms with Gasteiger partial charge in [-0.25, -0.2) is 8.78 Å². The molecule has 0 saturated carbocycles. The van der Waals surface area contributed by atoms with Crippen molar-refractivity contribution < 1.29 is 13.6 Å². The molecule has 7 heteroatoms. The quantitative estimate of drug-likeness (QED) is 0.912. The largest absolute Gasteiger partial charge is 0.322 e. The number of carbonyl (C=O) groups is 1. The predicted octanol–water partition coefficient (Wildman–Crippen LogP) is 3.48. The van der Waals surface area contributed by atoms with E-state index in [1.165, 1.54) is 0 Å². The summed E-state index contributed by atoms with van der Waals surface area (Å²) < 4.78 is 25.7. The summed E-state index contributed by atoms with van der Waals surface area (Å²) in [6, 6.07) is 7.65. The molecule has 110 valence electrons. The van der Waals surface area contributed by atoms with E-state index in [1.807, 2.05) is 24.3 Å². The second kappa shape index (κ2) is 5.48. The van der Waals surface area contributed by atoms with Crippen molar-refractivity contribution in [2.75, 3.05) is 11.1 Å². The molecule has 0 bridgehead atoms. The first-order valence-corrected chi connectivity index (χ1v) is 7.42. The maximum atomic E-state index is 12.9. The van der Waals surface area contributed by atoms with Crippen molar-refractivity contribution in [3.63, 3.8) is 0 Å². The number of aryl methyl sites for hydroxylation is 1. The van der Waals surface area contributed by atoms with Crippen LogP contribution in [0.15, 0.2) is 29.2 Å². The maximum absolute atomic E-state index is 12.9. The Morgan fingerprint density at radius 3 is 3.00 bits per heavy atom. The highest BCUT2D eigenvalue weighted by atomic mass is 32.2. The smallest absolute Gasteiger partial charge is 0.284 e. The monoisotopic (exact) mass is 309 g/mol. The molecular weight excluding hydrogens is 296 g/mol. The van der Waals surface area contributed by atoms with Gasteiger partial charge in [0.1, 0.15) is 0 Å². The normalized spacial score (nSPS) is 17.0. The highest BCUT2D eigenvalue weighted by molar-refractivity contribution is 7.99. The lowest BCUT2D eigenvalue weighted by Gasteiger charge is -2.12. The van der Waals surface area contributed by atoms with E-state index in [1.54, 1.807) is 18.7 Å². The van der Waals surface area contributed by atoms with E-state index in [4.69, 9.17) is 0 Å². The number of aromatic nitrogens is 2. The molecule has 0 saturated heterocycles. The van der Waals surface area contributed by atoms with Crippen molar-refractivity contribution >= 4 is 23.4 Å². The van der Waals surface area contributed by atoms with Crippen molar-refractivity contribution in [2.45, 2.75) is 24.2 Å². The Balaban J connectivity index is 1.84. The first-order chi connectivity index (χ1) is 10.1. The molecule has 3 rings (SSSR count). The van der Waals surface area contributed by atoms with Gasteiger partial charge in [-0.1, -0.05) is 18.2 Å². The van der Waals surface area contributed by atoms with E-state index in [0.29, 0.717) is 11.4 Å². The van der Waals surface area contributed by atoms with Gasteiger partial charge in [0.05, 0.1) is 17.3 Å². The van der Waals surface area contributed by atoms with Gasteiger partial charge in [-0.2, -0.15) is 5.10 Å². The third kappa shape index (κ3) is 2.53. The summed E-state index contributed by atoms with van der Waals surface area (Å²) >= 11 is 1.60. The summed E-state index contributed by atoms with van der Waals surface area (Å²) in [7, 11) is 0. The number of carbonyl (C=O) groups excluding carboxylic acids is 1. The third-order valence-corrected chi connectivity index (χ3v) is 4.63. The van der Waals surface area contributed by atoms with Crippen LogP contribution in [0.5, 0.6) is 0 Å². The van der Waals surface area contributed by atoms with Crippen LogP contribution in [0, 0.1) is 6.92 Å². The zero-order valence-electron chi connectivity index (χ0n) is 11.2. The molecule has 1 aromatic heterocycles. The maximum Gasteiger partial charge on any atom is 0.284 e. The molecule has 1 aliphatic rings. The topological polar surface area (TPSA) is 57.8 Å². The van der Waals surface area contributed by atoms with Gasteiger partial charge < -0.3 is 5.32 Å². The summed E-state index contributed by atoms with van der Waals surface area (Å²) in [5, 5.41) is 8.62. The fourth-order valence-corrected chi connectivity index (χ4v) is 3.58. The fraction of sp³-hybridized carbons (Fsp3) is 0.286. The molecule has 0 spiro atoms. The minimum absolute atomic E-state index is 0.0874. The molecule has 2 heterocycles. The number of nitrogens with one attached hydrogen (secondary N) is 2.